The fourth-order valence-corrected chi connectivity index (χ4v) is 1.22. The van der Waals surface area contributed by atoms with Crippen molar-refractivity contribution in [1.29, 1.82) is 0 Å². The largest absolute Gasteiger partial charge is 0.399 e. The third kappa shape index (κ3) is 0.955. The van der Waals surface area contributed by atoms with Gasteiger partial charge in [-0.1, -0.05) is 6.07 Å². The van der Waals surface area contributed by atoms with Crippen LogP contribution in [-0.4, -0.2) is 4.98 Å². The average Bonchev–Trinajstić information content (AvgIpc) is 2.04. The van der Waals surface area contributed by atoms with E-state index in [-0.39, 0.29) is 0 Å². The molecule has 60 valence electrons. The number of fused-ring (bicyclic) bond motifs is 1. The Morgan fingerprint density at radius 2 is 1.92 bits per heavy atom. The summed E-state index contributed by atoms with van der Waals surface area (Å²) in [6, 6.07) is 5.60. The monoisotopic (exact) mass is 159 g/mol. The predicted molar refractivity (Wildman–Crippen MR) is 50.6 cm³/mol. The first-order chi connectivity index (χ1) is 5.77. The predicted octanol–water partition coefficient (Wildman–Crippen LogP) is 1.40. The minimum absolute atomic E-state index is 0.688. The first-order valence-electron chi connectivity index (χ1n) is 3.66. The van der Waals surface area contributed by atoms with Gasteiger partial charge < -0.3 is 11.5 Å². The SMILES string of the molecule is Nc1ccc2c(N)cncc2c1. The Hall–Kier alpha value is -1.77. The standard InChI is InChI=1S/C9H9N3/c10-7-1-2-8-6(3-7)4-12-5-9(8)11/h1-5H,10-11H2. The van der Waals surface area contributed by atoms with Gasteiger partial charge in [-0.25, -0.2) is 0 Å². The van der Waals surface area contributed by atoms with Crippen molar-refractivity contribution in [2.45, 2.75) is 0 Å². The second kappa shape index (κ2) is 2.37. The van der Waals surface area contributed by atoms with Gasteiger partial charge in [0.15, 0.2) is 0 Å². The number of nitrogen functional groups attached to an aromatic ring is 2. The number of nitrogens with two attached hydrogens (primary N) is 2. The number of rotatable bonds is 0. The van der Waals surface area contributed by atoms with Gasteiger partial charge >= 0.3 is 0 Å². The molecule has 0 bridgehead atoms. The smallest absolute Gasteiger partial charge is 0.0580 e. The molecule has 0 atom stereocenters. The summed E-state index contributed by atoms with van der Waals surface area (Å²) in [7, 11) is 0. The highest BCUT2D eigenvalue weighted by molar-refractivity contribution is 5.93. The molecular weight excluding hydrogens is 150 g/mol. The zero-order chi connectivity index (χ0) is 8.55. The summed E-state index contributed by atoms with van der Waals surface area (Å²) in [5.74, 6) is 0. The molecule has 1 heterocycles. The highest BCUT2D eigenvalue weighted by Crippen LogP contribution is 2.20. The van der Waals surface area contributed by atoms with E-state index in [0.29, 0.717) is 5.69 Å². The number of aromatic nitrogens is 1. The second-order valence-corrected chi connectivity index (χ2v) is 2.71. The lowest BCUT2D eigenvalue weighted by atomic mass is 10.1. The Balaban J connectivity index is 2.86. The zero-order valence-corrected chi connectivity index (χ0v) is 6.49. The molecule has 0 spiro atoms. The first-order valence-corrected chi connectivity index (χ1v) is 3.66. The van der Waals surface area contributed by atoms with Crippen LogP contribution in [0.15, 0.2) is 30.6 Å². The highest BCUT2D eigenvalue weighted by Gasteiger charge is 1.96. The van der Waals surface area contributed by atoms with Crippen LogP contribution in [0.2, 0.25) is 0 Å². The van der Waals surface area contributed by atoms with E-state index in [1.807, 2.05) is 18.2 Å². The van der Waals surface area contributed by atoms with Gasteiger partial charge in [0, 0.05) is 22.7 Å². The maximum Gasteiger partial charge on any atom is 0.0580 e. The lowest BCUT2D eigenvalue weighted by Gasteiger charge is -2.00. The van der Waals surface area contributed by atoms with Crippen molar-refractivity contribution in [2.75, 3.05) is 11.5 Å². The van der Waals surface area contributed by atoms with E-state index in [0.717, 1.165) is 16.5 Å². The summed E-state index contributed by atoms with van der Waals surface area (Å²) in [6.07, 6.45) is 3.39. The molecule has 0 aliphatic rings. The van der Waals surface area contributed by atoms with Crippen molar-refractivity contribution in [3.05, 3.63) is 30.6 Å². The van der Waals surface area contributed by atoms with E-state index in [1.54, 1.807) is 12.4 Å². The Morgan fingerprint density at radius 1 is 1.08 bits per heavy atom. The quantitative estimate of drug-likeness (QED) is 0.571. The van der Waals surface area contributed by atoms with E-state index >= 15 is 0 Å². The molecular formula is C9H9N3. The van der Waals surface area contributed by atoms with Gasteiger partial charge in [0.2, 0.25) is 0 Å². The molecule has 1 aromatic carbocycles. The van der Waals surface area contributed by atoms with Crippen LogP contribution in [0.25, 0.3) is 10.8 Å². The number of hydrogen-bond acceptors (Lipinski definition) is 3. The molecule has 0 fully saturated rings. The molecule has 1 aromatic heterocycles. The number of anilines is 2. The van der Waals surface area contributed by atoms with Crippen molar-refractivity contribution in [3.8, 4) is 0 Å². The van der Waals surface area contributed by atoms with Crippen molar-refractivity contribution in [3.63, 3.8) is 0 Å². The van der Waals surface area contributed by atoms with E-state index in [1.165, 1.54) is 0 Å². The Morgan fingerprint density at radius 3 is 2.75 bits per heavy atom. The third-order valence-electron chi connectivity index (χ3n) is 1.81. The lowest BCUT2D eigenvalue weighted by molar-refractivity contribution is 1.37. The molecule has 2 rings (SSSR count). The van der Waals surface area contributed by atoms with Crippen LogP contribution in [0, 0.1) is 0 Å². The van der Waals surface area contributed by atoms with Gasteiger partial charge in [0.05, 0.1) is 11.9 Å². The molecule has 2 aromatic rings. The number of hydrogen-bond donors (Lipinski definition) is 2. The van der Waals surface area contributed by atoms with Crippen LogP contribution < -0.4 is 11.5 Å². The van der Waals surface area contributed by atoms with Gasteiger partial charge in [0.1, 0.15) is 0 Å². The van der Waals surface area contributed by atoms with Gasteiger partial charge in [0.25, 0.3) is 0 Å². The average molecular weight is 159 g/mol. The summed E-state index contributed by atoms with van der Waals surface area (Å²) >= 11 is 0. The number of benzene rings is 1. The molecule has 0 aliphatic carbocycles. The molecule has 4 N–H and O–H groups in total. The molecule has 0 radical (unpaired) electrons. The van der Waals surface area contributed by atoms with Crippen LogP contribution in [0.4, 0.5) is 11.4 Å². The Labute approximate surface area is 70.0 Å². The zero-order valence-electron chi connectivity index (χ0n) is 6.49. The number of nitrogens with zero attached hydrogens (tertiary/aromatic N) is 1. The van der Waals surface area contributed by atoms with Crippen molar-refractivity contribution in [1.82, 2.24) is 4.98 Å². The first kappa shape index (κ1) is 6.91. The van der Waals surface area contributed by atoms with Crippen LogP contribution in [-0.2, 0) is 0 Å². The van der Waals surface area contributed by atoms with Crippen molar-refractivity contribution < 1.29 is 0 Å². The summed E-state index contributed by atoms with van der Waals surface area (Å²) in [6.45, 7) is 0. The van der Waals surface area contributed by atoms with Crippen molar-refractivity contribution >= 4 is 22.1 Å². The fraction of sp³-hybridized carbons (Fsp3) is 0. The molecule has 12 heavy (non-hydrogen) atoms. The van der Waals surface area contributed by atoms with E-state index in [4.69, 9.17) is 11.5 Å². The summed E-state index contributed by atoms with van der Waals surface area (Å²) < 4.78 is 0. The molecule has 0 amide bonds. The normalized spacial score (nSPS) is 10.3. The molecule has 0 unspecified atom stereocenters. The maximum absolute atomic E-state index is 5.70. The van der Waals surface area contributed by atoms with E-state index < -0.39 is 0 Å². The lowest BCUT2D eigenvalue weighted by Crippen LogP contribution is -1.90. The van der Waals surface area contributed by atoms with Crippen LogP contribution >= 0.6 is 0 Å². The second-order valence-electron chi connectivity index (χ2n) is 2.71. The highest BCUT2D eigenvalue weighted by atomic mass is 14.7. The van der Waals surface area contributed by atoms with Gasteiger partial charge in [-0.3, -0.25) is 4.98 Å². The van der Waals surface area contributed by atoms with Gasteiger partial charge in [-0.15, -0.1) is 0 Å². The molecule has 3 heteroatoms. The Bertz CT molecular complexity index is 423. The third-order valence-corrected chi connectivity index (χ3v) is 1.81. The van der Waals surface area contributed by atoms with Gasteiger partial charge in [-0.05, 0) is 12.1 Å². The Kier molecular flexibility index (Phi) is 1.37. The number of pyridine rings is 1. The van der Waals surface area contributed by atoms with Crippen LogP contribution in [0.3, 0.4) is 0 Å². The minimum Gasteiger partial charge on any atom is -0.399 e. The molecule has 0 aliphatic heterocycles. The topological polar surface area (TPSA) is 64.9 Å². The van der Waals surface area contributed by atoms with Gasteiger partial charge in [-0.2, -0.15) is 0 Å². The maximum atomic E-state index is 5.70. The molecule has 3 nitrogen and oxygen atoms in total. The summed E-state index contributed by atoms with van der Waals surface area (Å²) in [4.78, 5) is 3.97. The van der Waals surface area contributed by atoms with E-state index in [9.17, 15) is 0 Å². The summed E-state index contributed by atoms with van der Waals surface area (Å²) in [5.41, 5.74) is 12.7. The van der Waals surface area contributed by atoms with E-state index in [2.05, 4.69) is 4.98 Å². The molecule has 0 saturated carbocycles. The van der Waals surface area contributed by atoms with Crippen LogP contribution in [0.1, 0.15) is 0 Å². The van der Waals surface area contributed by atoms with Crippen LogP contribution in [0.5, 0.6) is 0 Å². The summed E-state index contributed by atoms with van der Waals surface area (Å²) in [5, 5.41) is 1.98. The van der Waals surface area contributed by atoms with Crippen molar-refractivity contribution in [2.24, 2.45) is 0 Å². The minimum atomic E-state index is 0.688. The molecule has 0 saturated heterocycles. The fourth-order valence-electron chi connectivity index (χ4n) is 1.22.